The van der Waals surface area contributed by atoms with E-state index in [0.717, 1.165) is 25.7 Å². The smallest absolute Gasteiger partial charge is 0.302 e. The van der Waals surface area contributed by atoms with Crippen LogP contribution in [0.5, 0.6) is 0 Å². The molecule has 0 fully saturated rings. The van der Waals surface area contributed by atoms with E-state index in [1.54, 1.807) is 0 Å². The summed E-state index contributed by atoms with van der Waals surface area (Å²) in [7, 11) is -3.88. The van der Waals surface area contributed by atoms with Crippen LogP contribution in [0.2, 0.25) is 0 Å². The number of hydrogen-bond donors (Lipinski definition) is 0. The second-order valence-corrected chi connectivity index (χ2v) is 6.31. The van der Waals surface area contributed by atoms with E-state index in [-0.39, 0.29) is 25.3 Å². The predicted octanol–water partition coefficient (Wildman–Crippen LogP) is 2.34. The van der Waals surface area contributed by atoms with Crippen LogP contribution in [0.25, 0.3) is 0 Å². The number of carbonyl (C=O) groups excluding carboxylic acids is 1. The van der Waals surface area contributed by atoms with E-state index in [9.17, 15) is 14.3 Å². The summed E-state index contributed by atoms with van der Waals surface area (Å²) in [5.41, 5.74) is 0. The summed E-state index contributed by atoms with van der Waals surface area (Å²) in [6.45, 7) is 5.47. The van der Waals surface area contributed by atoms with Gasteiger partial charge in [-0.15, -0.1) is 0 Å². The van der Waals surface area contributed by atoms with Gasteiger partial charge in [-0.1, -0.05) is 33.1 Å². The molecule has 0 heterocycles. The lowest BCUT2D eigenvalue weighted by atomic mass is 10.0. The zero-order valence-corrected chi connectivity index (χ0v) is 12.4. The molecule has 0 aliphatic carbocycles. The van der Waals surface area contributed by atoms with E-state index < -0.39 is 13.6 Å². The third-order valence-corrected chi connectivity index (χ3v) is 3.99. The molecule has 0 radical (unpaired) electrons. The average molecular weight is 279 g/mol. The molecule has 0 bridgehead atoms. The molecule has 0 saturated carbocycles. The third-order valence-electron chi connectivity index (χ3n) is 2.72. The van der Waals surface area contributed by atoms with Gasteiger partial charge in [-0.3, -0.25) is 4.79 Å². The second kappa shape index (κ2) is 9.54. The molecule has 0 spiro atoms. The van der Waals surface area contributed by atoms with Crippen molar-refractivity contribution in [2.24, 2.45) is 5.92 Å². The molecule has 0 aromatic heterocycles. The molecule has 0 saturated heterocycles. The number of carbonyl (C=O) groups is 1. The van der Waals surface area contributed by atoms with Crippen LogP contribution >= 0.6 is 7.60 Å². The van der Waals surface area contributed by atoms with Gasteiger partial charge >= 0.3 is 5.97 Å². The summed E-state index contributed by atoms with van der Waals surface area (Å²) in [5, 5.41) is 0. The molecule has 0 aliphatic heterocycles. The third kappa shape index (κ3) is 9.63. The molecule has 0 aromatic rings. The second-order valence-electron chi connectivity index (χ2n) is 4.39. The fraction of sp³-hybridized carbons (Fsp3) is 0.917. The van der Waals surface area contributed by atoms with Gasteiger partial charge in [0.1, 0.15) is 7.60 Å². The van der Waals surface area contributed by atoms with E-state index in [2.05, 4.69) is 11.7 Å². The lowest BCUT2D eigenvalue weighted by molar-refractivity contribution is -0.200. The molecule has 0 N–H and O–H groups in total. The topological polar surface area (TPSA) is 75.7 Å². The van der Waals surface area contributed by atoms with Gasteiger partial charge in [0.15, 0.2) is 0 Å². The molecular weight excluding hydrogens is 255 g/mol. The van der Waals surface area contributed by atoms with E-state index in [4.69, 9.17) is 4.52 Å². The first-order chi connectivity index (χ1) is 8.41. The highest BCUT2D eigenvalue weighted by Gasteiger charge is 2.13. The van der Waals surface area contributed by atoms with Gasteiger partial charge in [-0.05, 0) is 12.3 Å². The first-order valence-electron chi connectivity index (χ1n) is 6.49. The Morgan fingerprint density at radius 1 is 1.39 bits per heavy atom. The maximum absolute atomic E-state index is 11.5. The Kier molecular flexibility index (Phi) is 9.34. The van der Waals surface area contributed by atoms with E-state index >= 15 is 0 Å². The van der Waals surface area contributed by atoms with Crippen molar-refractivity contribution >= 4 is 13.6 Å². The maximum atomic E-state index is 11.5. The minimum Gasteiger partial charge on any atom is -0.778 e. The summed E-state index contributed by atoms with van der Waals surface area (Å²) >= 11 is 0. The number of hydrogen-bond acceptors (Lipinski definition) is 5. The van der Waals surface area contributed by atoms with E-state index in [1.165, 1.54) is 6.92 Å². The van der Waals surface area contributed by atoms with Gasteiger partial charge in [-0.25, -0.2) is 0 Å². The van der Waals surface area contributed by atoms with Gasteiger partial charge in [0.25, 0.3) is 0 Å². The predicted molar refractivity (Wildman–Crippen MR) is 68.4 cm³/mol. The summed E-state index contributed by atoms with van der Waals surface area (Å²) in [4.78, 5) is 22.0. The van der Waals surface area contributed by atoms with Crippen LogP contribution in [0.15, 0.2) is 0 Å². The molecule has 0 amide bonds. The van der Waals surface area contributed by atoms with Gasteiger partial charge in [0.2, 0.25) is 0 Å². The van der Waals surface area contributed by atoms with Crippen molar-refractivity contribution in [3.05, 3.63) is 0 Å². The Morgan fingerprint density at radius 2 is 2.06 bits per heavy atom. The Morgan fingerprint density at radius 3 is 2.56 bits per heavy atom. The monoisotopic (exact) mass is 279 g/mol. The molecule has 108 valence electrons. The molecule has 6 heteroatoms. The number of rotatable bonds is 10. The zero-order valence-electron chi connectivity index (χ0n) is 11.5. The van der Waals surface area contributed by atoms with Gasteiger partial charge in [0.05, 0.1) is 13.2 Å². The summed E-state index contributed by atoms with van der Waals surface area (Å²) in [6.07, 6.45) is 3.81. The van der Waals surface area contributed by atoms with Gasteiger partial charge < -0.3 is 18.7 Å². The fourth-order valence-corrected chi connectivity index (χ4v) is 2.36. The molecule has 0 rings (SSSR count). The van der Waals surface area contributed by atoms with Crippen molar-refractivity contribution < 1.29 is 23.5 Å². The van der Waals surface area contributed by atoms with Crippen molar-refractivity contribution in [2.45, 2.75) is 46.5 Å². The number of ether oxygens (including phenoxy) is 1. The van der Waals surface area contributed by atoms with Gasteiger partial charge in [-0.2, -0.15) is 0 Å². The number of unbranched alkanes of at least 4 members (excludes halogenated alkanes) is 1. The van der Waals surface area contributed by atoms with Crippen molar-refractivity contribution in [1.29, 1.82) is 0 Å². The molecule has 18 heavy (non-hydrogen) atoms. The van der Waals surface area contributed by atoms with Crippen LogP contribution in [0, 0.1) is 5.92 Å². The first-order valence-corrected chi connectivity index (χ1v) is 8.22. The van der Waals surface area contributed by atoms with Crippen molar-refractivity contribution in [1.82, 2.24) is 0 Å². The lowest BCUT2D eigenvalue weighted by Gasteiger charge is -2.25. The standard InChI is InChI=1S/C12H25O5P/c1-4-6-7-12(5-2)10-17-18(14,15)9-8-16-11(3)13/h12H,4-10H2,1-3H3,(H,14,15)/p-1. The van der Waals surface area contributed by atoms with Crippen molar-refractivity contribution in [3.63, 3.8) is 0 Å². The zero-order chi connectivity index (χ0) is 14.0. The normalized spacial score (nSPS) is 16.0. The summed E-state index contributed by atoms with van der Waals surface area (Å²) < 4.78 is 21.1. The van der Waals surface area contributed by atoms with E-state index in [1.807, 2.05) is 6.92 Å². The molecule has 0 aliphatic rings. The minimum absolute atomic E-state index is 0.137. The van der Waals surface area contributed by atoms with Crippen LogP contribution in [0.4, 0.5) is 0 Å². The fourth-order valence-electron chi connectivity index (χ4n) is 1.48. The average Bonchev–Trinajstić information content (AvgIpc) is 2.28. The summed E-state index contributed by atoms with van der Waals surface area (Å²) in [5.74, 6) is -0.203. The Labute approximate surface area is 109 Å². The highest BCUT2D eigenvalue weighted by Crippen LogP contribution is 2.37. The molecular formula is C12H24O5P-. The van der Waals surface area contributed by atoms with Crippen molar-refractivity contribution in [2.75, 3.05) is 19.4 Å². The molecule has 2 unspecified atom stereocenters. The highest BCUT2D eigenvalue weighted by atomic mass is 31.2. The molecule has 5 nitrogen and oxygen atoms in total. The molecule has 0 aromatic carbocycles. The first kappa shape index (κ1) is 17.6. The minimum atomic E-state index is -3.88. The maximum Gasteiger partial charge on any atom is 0.302 e. The molecule has 2 atom stereocenters. The van der Waals surface area contributed by atoms with E-state index in [0.29, 0.717) is 0 Å². The SMILES string of the molecule is CCCCC(CC)COP(=O)([O-])CCOC(C)=O. The van der Waals surface area contributed by atoms with Crippen LogP contribution in [0.1, 0.15) is 46.5 Å². The van der Waals surface area contributed by atoms with Crippen molar-refractivity contribution in [3.8, 4) is 0 Å². The lowest BCUT2D eigenvalue weighted by Crippen LogP contribution is -2.17. The van der Waals surface area contributed by atoms with Gasteiger partial charge in [0, 0.05) is 13.1 Å². The summed E-state index contributed by atoms with van der Waals surface area (Å²) in [6, 6.07) is 0. The van der Waals surface area contributed by atoms with Crippen LogP contribution in [-0.2, 0) is 18.6 Å². The van der Waals surface area contributed by atoms with Crippen LogP contribution in [-0.4, -0.2) is 25.3 Å². The Bertz CT molecular complexity index is 280. The Balaban J connectivity index is 3.92. The van der Waals surface area contributed by atoms with Crippen LogP contribution < -0.4 is 4.89 Å². The number of esters is 1. The highest BCUT2D eigenvalue weighted by molar-refractivity contribution is 7.51. The van der Waals surface area contributed by atoms with Crippen LogP contribution in [0.3, 0.4) is 0 Å². The Hall–Kier alpha value is -0.380. The quantitative estimate of drug-likeness (QED) is 0.453. The largest absolute Gasteiger partial charge is 0.778 e.